The van der Waals surface area contributed by atoms with Crippen LogP contribution in [0.4, 0.5) is 0 Å². The van der Waals surface area contributed by atoms with Crippen molar-refractivity contribution < 1.29 is 4.74 Å². The Kier molecular flexibility index (Phi) is 4.78. The Morgan fingerprint density at radius 3 is 2.83 bits per heavy atom. The predicted molar refractivity (Wildman–Crippen MR) is 77.1 cm³/mol. The molecule has 1 fully saturated rings. The Morgan fingerprint density at radius 2 is 2.33 bits per heavy atom. The van der Waals surface area contributed by atoms with Crippen LogP contribution in [0.3, 0.4) is 0 Å². The highest BCUT2D eigenvalue weighted by atomic mass is 32.1. The maximum Gasteiger partial charge on any atom is 0.0702 e. The molecule has 1 aliphatic heterocycles. The highest BCUT2D eigenvalue weighted by molar-refractivity contribution is 7.12. The van der Waals surface area contributed by atoms with Gasteiger partial charge in [-0.3, -0.25) is 4.90 Å². The largest absolute Gasteiger partial charge is 0.377 e. The van der Waals surface area contributed by atoms with Gasteiger partial charge in [0.15, 0.2) is 0 Å². The molecule has 0 radical (unpaired) electrons. The maximum atomic E-state index is 6.18. The molecule has 0 aromatic carbocycles. The lowest BCUT2D eigenvalue weighted by molar-refractivity contribution is 0.0648. The van der Waals surface area contributed by atoms with Gasteiger partial charge in [0.1, 0.15) is 0 Å². The van der Waals surface area contributed by atoms with E-state index in [-0.39, 0.29) is 6.04 Å². The predicted octanol–water partition coefficient (Wildman–Crippen LogP) is 2.56. The van der Waals surface area contributed by atoms with E-state index >= 15 is 0 Å². The summed E-state index contributed by atoms with van der Waals surface area (Å²) in [5.41, 5.74) is 6.18. The minimum absolute atomic E-state index is 0.134. The van der Waals surface area contributed by atoms with Gasteiger partial charge in [-0.05, 0) is 45.9 Å². The second-order valence-corrected chi connectivity index (χ2v) is 6.65. The zero-order chi connectivity index (χ0) is 13.1. The molecule has 2 rings (SSSR count). The zero-order valence-corrected chi connectivity index (χ0v) is 12.4. The van der Waals surface area contributed by atoms with Crippen LogP contribution >= 0.6 is 11.3 Å². The number of likely N-dealkylation sites (N-methyl/N-ethyl adjacent to an activating group) is 1. The molecule has 2 heterocycles. The first-order valence-electron chi connectivity index (χ1n) is 6.71. The molecule has 18 heavy (non-hydrogen) atoms. The molecule has 0 bridgehead atoms. The Labute approximate surface area is 114 Å². The fourth-order valence-corrected chi connectivity index (χ4v) is 3.87. The van der Waals surface area contributed by atoms with Gasteiger partial charge in [0.25, 0.3) is 0 Å². The van der Waals surface area contributed by atoms with Crippen LogP contribution in [0.25, 0.3) is 0 Å². The summed E-state index contributed by atoms with van der Waals surface area (Å²) in [4.78, 5) is 5.07. The van der Waals surface area contributed by atoms with Crippen molar-refractivity contribution in [2.45, 2.75) is 44.9 Å². The van der Waals surface area contributed by atoms with E-state index < -0.39 is 0 Å². The topological polar surface area (TPSA) is 38.5 Å². The number of aryl methyl sites for hydroxylation is 1. The highest BCUT2D eigenvalue weighted by Gasteiger charge is 2.26. The second kappa shape index (κ2) is 6.15. The molecule has 0 amide bonds. The molecule has 1 aromatic rings. The Bertz CT molecular complexity index is 372. The van der Waals surface area contributed by atoms with Crippen molar-refractivity contribution in [3.63, 3.8) is 0 Å². The Morgan fingerprint density at radius 1 is 1.56 bits per heavy atom. The number of thiophene rings is 1. The average Bonchev–Trinajstić information content (AvgIpc) is 2.90. The molecule has 0 spiro atoms. The molecule has 0 saturated carbocycles. The van der Waals surface area contributed by atoms with Crippen LogP contribution in [0.5, 0.6) is 0 Å². The monoisotopic (exact) mass is 268 g/mol. The summed E-state index contributed by atoms with van der Waals surface area (Å²) in [6.07, 6.45) is 2.76. The van der Waals surface area contributed by atoms with Crippen molar-refractivity contribution in [1.82, 2.24) is 4.90 Å². The molecule has 1 aromatic heterocycles. The Hall–Kier alpha value is -0.420. The van der Waals surface area contributed by atoms with E-state index in [0.29, 0.717) is 12.1 Å². The quantitative estimate of drug-likeness (QED) is 0.892. The summed E-state index contributed by atoms with van der Waals surface area (Å²) in [7, 11) is 2.16. The van der Waals surface area contributed by atoms with E-state index in [4.69, 9.17) is 10.5 Å². The molecule has 0 aliphatic carbocycles. The first kappa shape index (κ1) is 14.0. The van der Waals surface area contributed by atoms with E-state index in [1.54, 1.807) is 0 Å². The van der Waals surface area contributed by atoms with E-state index in [9.17, 15) is 0 Å². The standard InChI is InChI=1S/C14H24N2OS/c1-10-6-7-13(18-10)14(11(2)15)16(3)9-12-5-4-8-17-12/h6-7,11-12,14H,4-5,8-9,15H2,1-3H3. The van der Waals surface area contributed by atoms with Gasteiger partial charge >= 0.3 is 0 Å². The van der Waals surface area contributed by atoms with Crippen molar-refractivity contribution in [1.29, 1.82) is 0 Å². The van der Waals surface area contributed by atoms with Crippen molar-refractivity contribution in [2.75, 3.05) is 20.2 Å². The molecule has 2 N–H and O–H groups in total. The van der Waals surface area contributed by atoms with Crippen LogP contribution in [0.15, 0.2) is 12.1 Å². The van der Waals surface area contributed by atoms with Gasteiger partial charge in [0.05, 0.1) is 12.1 Å². The highest BCUT2D eigenvalue weighted by Crippen LogP contribution is 2.29. The summed E-state index contributed by atoms with van der Waals surface area (Å²) in [5, 5.41) is 0. The van der Waals surface area contributed by atoms with E-state index in [2.05, 4.69) is 37.9 Å². The van der Waals surface area contributed by atoms with Gasteiger partial charge < -0.3 is 10.5 Å². The molecule has 3 unspecified atom stereocenters. The third-order valence-corrected chi connectivity index (χ3v) is 4.61. The molecule has 3 nitrogen and oxygen atoms in total. The fraction of sp³-hybridized carbons (Fsp3) is 0.714. The average molecular weight is 268 g/mol. The van der Waals surface area contributed by atoms with E-state index in [1.165, 1.54) is 22.6 Å². The van der Waals surface area contributed by atoms with Crippen LogP contribution in [0, 0.1) is 6.92 Å². The number of rotatable bonds is 5. The zero-order valence-electron chi connectivity index (χ0n) is 11.6. The number of hydrogen-bond acceptors (Lipinski definition) is 4. The van der Waals surface area contributed by atoms with Crippen LogP contribution in [0.2, 0.25) is 0 Å². The van der Waals surface area contributed by atoms with E-state index in [1.807, 2.05) is 11.3 Å². The molecular formula is C14H24N2OS. The van der Waals surface area contributed by atoms with Crippen molar-refractivity contribution in [3.05, 3.63) is 21.9 Å². The molecule has 1 aliphatic rings. The minimum Gasteiger partial charge on any atom is -0.377 e. The van der Waals surface area contributed by atoms with Gasteiger partial charge in [0.2, 0.25) is 0 Å². The fourth-order valence-electron chi connectivity index (χ4n) is 2.71. The van der Waals surface area contributed by atoms with Gasteiger partial charge in [0, 0.05) is 28.9 Å². The van der Waals surface area contributed by atoms with Crippen molar-refractivity contribution >= 4 is 11.3 Å². The molecule has 3 atom stereocenters. The van der Waals surface area contributed by atoms with Gasteiger partial charge in [-0.15, -0.1) is 11.3 Å². The number of nitrogens with two attached hydrogens (primary N) is 1. The van der Waals surface area contributed by atoms with Crippen LogP contribution in [-0.2, 0) is 4.74 Å². The summed E-state index contributed by atoms with van der Waals surface area (Å²) in [6, 6.07) is 4.82. The number of ether oxygens (including phenoxy) is 1. The maximum absolute atomic E-state index is 6.18. The summed E-state index contributed by atoms with van der Waals surface area (Å²) < 4.78 is 5.72. The number of hydrogen-bond donors (Lipinski definition) is 1. The Balaban J connectivity index is 2.04. The molecule has 1 saturated heterocycles. The normalized spacial score (nSPS) is 23.5. The first-order valence-corrected chi connectivity index (χ1v) is 7.53. The third-order valence-electron chi connectivity index (χ3n) is 3.54. The molecule has 102 valence electrons. The number of nitrogens with zero attached hydrogens (tertiary/aromatic N) is 1. The van der Waals surface area contributed by atoms with Crippen molar-refractivity contribution in [3.8, 4) is 0 Å². The molecular weight excluding hydrogens is 244 g/mol. The SMILES string of the molecule is Cc1ccc(C(C(C)N)N(C)CC2CCCO2)s1. The summed E-state index contributed by atoms with van der Waals surface area (Å²) >= 11 is 1.85. The van der Waals surface area contributed by atoms with Crippen molar-refractivity contribution in [2.24, 2.45) is 5.73 Å². The van der Waals surface area contributed by atoms with Gasteiger partial charge in [-0.2, -0.15) is 0 Å². The third kappa shape index (κ3) is 3.32. The minimum atomic E-state index is 0.134. The van der Waals surface area contributed by atoms with Gasteiger partial charge in [-0.25, -0.2) is 0 Å². The van der Waals surface area contributed by atoms with Crippen LogP contribution < -0.4 is 5.73 Å². The van der Waals surface area contributed by atoms with Crippen LogP contribution in [-0.4, -0.2) is 37.2 Å². The lowest BCUT2D eigenvalue weighted by Crippen LogP contribution is -2.40. The first-order chi connectivity index (χ1) is 8.58. The van der Waals surface area contributed by atoms with Crippen LogP contribution in [0.1, 0.15) is 35.6 Å². The lowest BCUT2D eigenvalue weighted by Gasteiger charge is -2.31. The van der Waals surface area contributed by atoms with E-state index in [0.717, 1.165) is 13.2 Å². The summed E-state index contributed by atoms with van der Waals surface area (Å²) in [6.45, 7) is 6.13. The van der Waals surface area contributed by atoms with Gasteiger partial charge in [-0.1, -0.05) is 0 Å². The molecule has 4 heteroatoms. The lowest BCUT2D eigenvalue weighted by atomic mass is 10.1. The second-order valence-electron chi connectivity index (χ2n) is 5.33. The smallest absolute Gasteiger partial charge is 0.0702 e. The summed E-state index contributed by atoms with van der Waals surface area (Å²) in [5.74, 6) is 0.